The number of nitrogens with zero attached hydrogens (tertiary/aromatic N) is 3. The maximum Gasteiger partial charge on any atom is 0.417 e. The number of ether oxygens (including phenoxy) is 1. The SMILES string of the molecule is COC(=O)c1c(N)c(C#N)cn1-c1ccc(Sc2ccc(C(F)(F)F)cn2)c(C=CC(=O)O)c1. The molecule has 3 aromatic rings. The summed E-state index contributed by atoms with van der Waals surface area (Å²) >= 11 is 1.02. The van der Waals surface area contributed by atoms with E-state index in [9.17, 15) is 28.0 Å². The number of hydrogen-bond donors (Lipinski definition) is 2. The summed E-state index contributed by atoms with van der Waals surface area (Å²) in [4.78, 5) is 27.6. The lowest BCUT2D eigenvalue weighted by Crippen LogP contribution is -2.11. The van der Waals surface area contributed by atoms with Crippen molar-refractivity contribution in [3.05, 3.63) is 71.2 Å². The van der Waals surface area contributed by atoms with Crippen LogP contribution >= 0.6 is 11.8 Å². The lowest BCUT2D eigenvalue weighted by atomic mass is 10.1. The van der Waals surface area contributed by atoms with Gasteiger partial charge < -0.3 is 20.1 Å². The minimum Gasteiger partial charge on any atom is -0.478 e. The molecule has 0 radical (unpaired) electrons. The van der Waals surface area contributed by atoms with E-state index in [1.807, 2.05) is 6.07 Å². The van der Waals surface area contributed by atoms with Crippen LogP contribution in [0.5, 0.6) is 0 Å². The molecule has 12 heteroatoms. The molecule has 0 saturated carbocycles. The van der Waals surface area contributed by atoms with Crippen molar-refractivity contribution in [2.45, 2.75) is 16.1 Å². The number of carbonyl (C=O) groups excluding carboxylic acids is 1. The zero-order valence-electron chi connectivity index (χ0n) is 17.3. The highest BCUT2D eigenvalue weighted by molar-refractivity contribution is 7.99. The maximum atomic E-state index is 12.8. The number of nitriles is 1. The number of benzene rings is 1. The molecule has 3 N–H and O–H groups in total. The Morgan fingerprint density at radius 3 is 2.59 bits per heavy atom. The molecule has 0 unspecified atom stereocenters. The van der Waals surface area contributed by atoms with Crippen LogP contribution < -0.4 is 5.73 Å². The summed E-state index contributed by atoms with van der Waals surface area (Å²) in [6.07, 6.45) is -0.307. The molecule has 0 bridgehead atoms. The number of carboxylic acid groups (broad SMARTS) is 1. The topological polar surface area (TPSA) is 131 Å². The van der Waals surface area contributed by atoms with Crippen molar-refractivity contribution < 1.29 is 32.6 Å². The first kappa shape index (κ1) is 24.4. The standard InChI is InChI=1S/C22H15F3N4O4S/c1-33-21(32)20-19(27)13(9-26)11-29(20)15-4-5-16(12(8-15)2-7-18(30)31)34-17-6-3-14(10-28-17)22(23,24)25/h2-8,10-11H,27H2,1H3,(H,30,31). The van der Waals surface area contributed by atoms with E-state index >= 15 is 0 Å². The average molecular weight is 488 g/mol. The number of hydrogen-bond acceptors (Lipinski definition) is 7. The van der Waals surface area contributed by atoms with Gasteiger partial charge in [0.1, 0.15) is 11.1 Å². The van der Waals surface area contributed by atoms with E-state index in [0.717, 1.165) is 31.0 Å². The molecule has 0 aliphatic heterocycles. The molecule has 0 aliphatic carbocycles. The maximum absolute atomic E-state index is 12.8. The number of esters is 1. The third kappa shape index (κ3) is 5.21. The predicted molar refractivity (Wildman–Crippen MR) is 116 cm³/mol. The van der Waals surface area contributed by atoms with Crippen LogP contribution in [0.2, 0.25) is 0 Å². The minimum absolute atomic E-state index is 0.0374. The van der Waals surface area contributed by atoms with E-state index in [4.69, 9.17) is 15.6 Å². The van der Waals surface area contributed by atoms with E-state index in [-0.39, 0.29) is 22.0 Å². The molecule has 34 heavy (non-hydrogen) atoms. The molecule has 0 spiro atoms. The van der Waals surface area contributed by atoms with Gasteiger partial charge in [0.15, 0.2) is 5.69 Å². The normalized spacial score (nSPS) is 11.4. The highest BCUT2D eigenvalue weighted by Crippen LogP contribution is 2.35. The van der Waals surface area contributed by atoms with Crippen molar-refractivity contribution in [3.63, 3.8) is 0 Å². The number of anilines is 1. The van der Waals surface area contributed by atoms with Crippen LogP contribution in [0, 0.1) is 11.3 Å². The van der Waals surface area contributed by atoms with Crippen LogP contribution in [-0.2, 0) is 15.7 Å². The number of rotatable bonds is 6. The van der Waals surface area contributed by atoms with Crippen molar-refractivity contribution in [2.75, 3.05) is 12.8 Å². The van der Waals surface area contributed by atoms with Gasteiger partial charge in [0.05, 0.1) is 23.9 Å². The van der Waals surface area contributed by atoms with Gasteiger partial charge in [-0.05, 0) is 42.0 Å². The van der Waals surface area contributed by atoms with Crippen LogP contribution in [-0.4, -0.2) is 33.7 Å². The summed E-state index contributed by atoms with van der Waals surface area (Å²) in [6, 6.07) is 8.64. The summed E-state index contributed by atoms with van der Waals surface area (Å²) in [5.74, 6) is -2.00. The lowest BCUT2D eigenvalue weighted by Gasteiger charge is -2.12. The first-order valence-corrected chi connectivity index (χ1v) is 10.1. The first-order chi connectivity index (χ1) is 16.0. The molecule has 0 atom stereocenters. The smallest absolute Gasteiger partial charge is 0.417 e. The number of methoxy groups -OCH3 is 1. The fourth-order valence-electron chi connectivity index (χ4n) is 2.91. The first-order valence-electron chi connectivity index (χ1n) is 9.31. The highest BCUT2D eigenvalue weighted by Gasteiger charge is 2.30. The number of carboxylic acids is 1. The van der Waals surface area contributed by atoms with Gasteiger partial charge in [-0.2, -0.15) is 18.4 Å². The van der Waals surface area contributed by atoms with Crippen molar-refractivity contribution in [3.8, 4) is 11.8 Å². The Kier molecular flexibility index (Phi) is 6.97. The van der Waals surface area contributed by atoms with Crippen LogP contribution in [0.25, 0.3) is 11.8 Å². The van der Waals surface area contributed by atoms with E-state index in [2.05, 4.69) is 4.98 Å². The van der Waals surface area contributed by atoms with Gasteiger partial charge in [-0.1, -0.05) is 11.8 Å². The zero-order valence-corrected chi connectivity index (χ0v) is 18.1. The highest BCUT2D eigenvalue weighted by atomic mass is 32.2. The van der Waals surface area contributed by atoms with E-state index in [0.29, 0.717) is 22.3 Å². The van der Waals surface area contributed by atoms with Crippen molar-refractivity contribution >= 4 is 35.5 Å². The van der Waals surface area contributed by atoms with E-state index in [1.54, 1.807) is 12.1 Å². The Labute approximate surface area is 195 Å². The Morgan fingerprint density at radius 1 is 1.29 bits per heavy atom. The molecular formula is C22H15F3N4O4S. The minimum atomic E-state index is -4.52. The quantitative estimate of drug-likeness (QED) is 0.386. The Morgan fingerprint density at radius 2 is 2.03 bits per heavy atom. The average Bonchev–Trinajstić information content (AvgIpc) is 3.13. The van der Waals surface area contributed by atoms with Crippen molar-refractivity contribution in [1.82, 2.24) is 9.55 Å². The van der Waals surface area contributed by atoms with Gasteiger partial charge in [-0.25, -0.2) is 14.6 Å². The number of aromatic nitrogens is 2. The van der Waals surface area contributed by atoms with Crippen molar-refractivity contribution in [1.29, 1.82) is 5.26 Å². The van der Waals surface area contributed by atoms with Crippen LogP contribution in [0.4, 0.5) is 18.9 Å². The summed E-state index contributed by atoms with van der Waals surface area (Å²) in [6.45, 7) is 0. The number of aliphatic carboxylic acids is 1. The monoisotopic (exact) mass is 488 g/mol. The fourth-order valence-corrected chi connectivity index (χ4v) is 3.76. The second-order valence-corrected chi connectivity index (χ2v) is 7.72. The molecule has 0 aliphatic rings. The van der Waals surface area contributed by atoms with Gasteiger partial charge in [0.25, 0.3) is 0 Å². The zero-order chi connectivity index (χ0) is 25.0. The summed E-state index contributed by atoms with van der Waals surface area (Å²) in [5, 5.41) is 18.6. The summed E-state index contributed by atoms with van der Waals surface area (Å²) in [5.41, 5.74) is 5.62. The molecule has 174 valence electrons. The molecule has 3 rings (SSSR count). The van der Waals surface area contributed by atoms with Gasteiger partial charge in [0, 0.05) is 29.1 Å². The Bertz CT molecular complexity index is 1330. The number of pyridine rings is 1. The third-order valence-corrected chi connectivity index (χ3v) is 5.54. The molecule has 0 saturated heterocycles. The number of nitrogen functional groups attached to an aromatic ring is 1. The van der Waals surface area contributed by atoms with Crippen LogP contribution in [0.15, 0.2) is 58.7 Å². The number of carbonyl (C=O) groups is 2. The molecule has 0 fully saturated rings. The van der Waals surface area contributed by atoms with Gasteiger partial charge in [-0.15, -0.1) is 0 Å². The fraction of sp³-hybridized carbons (Fsp3) is 0.0909. The van der Waals surface area contributed by atoms with Crippen LogP contribution in [0.1, 0.15) is 27.2 Å². The second kappa shape index (κ2) is 9.72. The van der Waals surface area contributed by atoms with E-state index < -0.39 is 23.7 Å². The molecular weight excluding hydrogens is 473 g/mol. The molecule has 0 amide bonds. The summed E-state index contributed by atoms with van der Waals surface area (Å²) in [7, 11) is 1.16. The second-order valence-electron chi connectivity index (χ2n) is 6.66. The molecule has 8 nitrogen and oxygen atoms in total. The number of halogens is 3. The lowest BCUT2D eigenvalue weighted by molar-refractivity contribution is -0.138. The Hall–Kier alpha value is -4.24. The predicted octanol–water partition coefficient (Wildman–Crippen LogP) is 4.38. The van der Waals surface area contributed by atoms with Gasteiger partial charge in [-0.3, -0.25) is 0 Å². The summed E-state index contributed by atoms with van der Waals surface area (Å²) < 4.78 is 44.4. The van der Waals surface area contributed by atoms with Gasteiger partial charge in [0.2, 0.25) is 0 Å². The third-order valence-electron chi connectivity index (χ3n) is 4.50. The largest absolute Gasteiger partial charge is 0.478 e. The molecule has 2 aromatic heterocycles. The Balaban J connectivity index is 2.08. The number of alkyl halides is 3. The van der Waals surface area contributed by atoms with Gasteiger partial charge >= 0.3 is 18.1 Å². The van der Waals surface area contributed by atoms with Crippen molar-refractivity contribution in [2.24, 2.45) is 0 Å². The molecule has 1 aromatic carbocycles. The molecule has 2 heterocycles. The number of nitrogens with two attached hydrogens (primary N) is 1. The van der Waals surface area contributed by atoms with Crippen LogP contribution in [0.3, 0.4) is 0 Å². The van der Waals surface area contributed by atoms with E-state index in [1.165, 1.54) is 29.0 Å².